The van der Waals surface area contributed by atoms with Gasteiger partial charge in [-0.2, -0.15) is 0 Å². The van der Waals surface area contributed by atoms with Gasteiger partial charge in [0.15, 0.2) is 11.6 Å². The van der Waals surface area contributed by atoms with E-state index in [1.807, 2.05) is 0 Å². The molecule has 2 atom stereocenters. The third-order valence-electron chi connectivity index (χ3n) is 2.73. The van der Waals surface area contributed by atoms with Gasteiger partial charge in [-0.05, 0) is 11.6 Å². The van der Waals surface area contributed by atoms with Gasteiger partial charge in [0.1, 0.15) is 6.10 Å². The zero-order valence-electron chi connectivity index (χ0n) is 9.23. The molecule has 1 fully saturated rings. The van der Waals surface area contributed by atoms with Crippen LogP contribution in [0.2, 0.25) is 0 Å². The van der Waals surface area contributed by atoms with Crippen LogP contribution in [0.5, 0.6) is 0 Å². The Morgan fingerprint density at radius 2 is 2.18 bits per heavy atom. The highest BCUT2D eigenvalue weighted by Gasteiger charge is 2.24. The van der Waals surface area contributed by atoms with Gasteiger partial charge in [0.05, 0.1) is 25.9 Å². The largest absolute Gasteiger partial charge is 0.390 e. The Morgan fingerprint density at radius 1 is 1.35 bits per heavy atom. The quantitative estimate of drug-likeness (QED) is 0.870. The Bertz CT molecular complexity index is 378. The molecule has 1 aromatic carbocycles. The predicted molar refractivity (Wildman–Crippen MR) is 56.6 cm³/mol. The van der Waals surface area contributed by atoms with Gasteiger partial charge in [-0.25, -0.2) is 8.78 Å². The minimum Gasteiger partial charge on any atom is -0.390 e. The molecule has 0 aliphatic carbocycles. The molecule has 17 heavy (non-hydrogen) atoms. The summed E-state index contributed by atoms with van der Waals surface area (Å²) in [5, 5.41) is 9.85. The van der Waals surface area contributed by atoms with Gasteiger partial charge in [0, 0.05) is 6.42 Å². The number of benzene rings is 1. The Labute approximate surface area is 98.0 Å². The van der Waals surface area contributed by atoms with E-state index >= 15 is 0 Å². The molecule has 1 aliphatic heterocycles. The normalized spacial score (nSPS) is 22.4. The monoisotopic (exact) mass is 244 g/mol. The third-order valence-corrected chi connectivity index (χ3v) is 2.73. The molecule has 94 valence electrons. The number of rotatable bonds is 3. The SMILES string of the molecule is OC(Cc1cccc(F)c1F)C1COCCO1. The zero-order valence-corrected chi connectivity index (χ0v) is 9.23. The van der Waals surface area contributed by atoms with Crippen LogP contribution in [0.1, 0.15) is 5.56 Å². The van der Waals surface area contributed by atoms with E-state index in [-0.39, 0.29) is 18.6 Å². The number of halogens is 2. The van der Waals surface area contributed by atoms with Crippen LogP contribution >= 0.6 is 0 Å². The van der Waals surface area contributed by atoms with Crippen molar-refractivity contribution in [3.63, 3.8) is 0 Å². The molecular weight excluding hydrogens is 230 g/mol. The van der Waals surface area contributed by atoms with Gasteiger partial charge in [0.25, 0.3) is 0 Å². The molecule has 0 bridgehead atoms. The van der Waals surface area contributed by atoms with Crippen molar-refractivity contribution in [2.24, 2.45) is 0 Å². The van der Waals surface area contributed by atoms with Crippen molar-refractivity contribution >= 4 is 0 Å². The highest BCUT2D eigenvalue weighted by molar-refractivity contribution is 5.19. The summed E-state index contributed by atoms with van der Waals surface area (Å²) < 4.78 is 36.8. The number of ether oxygens (including phenoxy) is 2. The lowest BCUT2D eigenvalue weighted by atomic mass is 10.0. The highest BCUT2D eigenvalue weighted by Crippen LogP contribution is 2.16. The first-order valence-corrected chi connectivity index (χ1v) is 5.49. The van der Waals surface area contributed by atoms with Crippen LogP contribution in [0.25, 0.3) is 0 Å². The van der Waals surface area contributed by atoms with E-state index in [4.69, 9.17) is 9.47 Å². The average molecular weight is 244 g/mol. The van der Waals surface area contributed by atoms with Crippen molar-refractivity contribution in [3.05, 3.63) is 35.4 Å². The molecule has 1 aromatic rings. The Balaban J connectivity index is 2.01. The molecule has 1 heterocycles. The molecule has 0 radical (unpaired) electrons. The van der Waals surface area contributed by atoms with Crippen molar-refractivity contribution in [1.82, 2.24) is 0 Å². The molecule has 2 unspecified atom stereocenters. The van der Waals surface area contributed by atoms with E-state index in [0.29, 0.717) is 13.2 Å². The highest BCUT2D eigenvalue weighted by atomic mass is 19.2. The first kappa shape index (κ1) is 12.4. The van der Waals surface area contributed by atoms with Crippen LogP contribution in [0.3, 0.4) is 0 Å². The molecule has 1 saturated heterocycles. The predicted octanol–water partition coefficient (Wildman–Crippen LogP) is 1.28. The number of aliphatic hydroxyl groups is 1. The first-order chi connectivity index (χ1) is 8.18. The minimum atomic E-state index is -0.914. The molecule has 1 aliphatic rings. The van der Waals surface area contributed by atoms with Crippen LogP contribution in [0.15, 0.2) is 18.2 Å². The minimum absolute atomic E-state index is 0.0115. The van der Waals surface area contributed by atoms with E-state index in [1.165, 1.54) is 12.1 Å². The van der Waals surface area contributed by atoms with Gasteiger partial charge in [-0.1, -0.05) is 12.1 Å². The summed E-state index contributed by atoms with van der Waals surface area (Å²) in [5.74, 6) is -1.82. The van der Waals surface area contributed by atoms with Crippen LogP contribution in [0.4, 0.5) is 8.78 Å². The molecule has 0 spiro atoms. The summed E-state index contributed by atoms with van der Waals surface area (Å²) in [6, 6.07) is 3.91. The lowest BCUT2D eigenvalue weighted by Crippen LogP contribution is -2.39. The maximum atomic E-state index is 13.4. The number of hydrogen-bond donors (Lipinski definition) is 1. The van der Waals surface area contributed by atoms with E-state index in [2.05, 4.69) is 0 Å². The summed E-state index contributed by atoms with van der Waals surface area (Å²) >= 11 is 0. The fourth-order valence-corrected chi connectivity index (χ4v) is 1.79. The molecule has 5 heteroatoms. The Hall–Kier alpha value is -1.04. The lowest BCUT2D eigenvalue weighted by molar-refractivity contribution is -0.131. The fraction of sp³-hybridized carbons (Fsp3) is 0.500. The van der Waals surface area contributed by atoms with Crippen molar-refractivity contribution in [1.29, 1.82) is 0 Å². The van der Waals surface area contributed by atoms with Crippen LogP contribution < -0.4 is 0 Å². The van der Waals surface area contributed by atoms with Gasteiger partial charge in [0.2, 0.25) is 0 Å². The number of aliphatic hydroxyl groups excluding tert-OH is 1. The van der Waals surface area contributed by atoms with Crippen LogP contribution in [0, 0.1) is 11.6 Å². The Morgan fingerprint density at radius 3 is 2.88 bits per heavy atom. The zero-order chi connectivity index (χ0) is 12.3. The second-order valence-electron chi connectivity index (χ2n) is 3.97. The van der Waals surface area contributed by atoms with Gasteiger partial charge >= 0.3 is 0 Å². The standard InChI is InChI=1S/C12H14F2O3/c13-9-3-1-2-8(12(9)14)6-10(15)11-7-16-4-5-17-11/h1-3,10-11,15H,4-7H2. The van der Waals surface area contributed by atoms with Gasteiger partial charge in [-0.3, -0.25) is 0 Å². The summed E-state index contributed by atoms with van der Waals surface area (Å²) in [7, 11) is 0. The van der Waals surface area contributed by atoms with Crippen molar-refractivity contribution in [2.75, 3.05) is 19.8 Å². The molecule has 0 amide bonds. The van der Waals surface area contributed by atoms with Crippen molar-refractivity contribution in [2.45, 2.75) is 18.6 Å². The van der Waals surface area contributed by atoms with Crippen LogP contribution in [-0.2, 0) is 15.9 Å². The molecule has 3 nitrogen and oxygen atoms in total. The van der Waals surface area contributed by atoms with Gasteiger partial charge < -0.3 is 14.6 Å². The first-order valence-electron chi connectivity index (χ1n) is 5.49. The Kier molecular flexibility index (Phi) is 4.04. The van der Waals surface area contributed by atoms with Crippen molar-refractivity contribution in [3.8, 4) is 0 Å². The van der Waals surface area contributed by atoms with E-state index in [1.54, 1.807) is 0 Å². The van der Waals surface area contributed by atoms with E-state index in [9.17, 15) is 13.9 Å². The molecule has 0 saturated carbocycles. The smallest absolute Gasteiger partial charge is 0.162 e. The topological polar surface area (TPSA) is 38.7 Å². The van der Waals surface area contributed by atoms with E-state index in [0.717, 1.165) is 6.07 Å². The fourth-order valence-electron chi connectivity index (χ4n) is 1.79. The molecule has 2 rings (SSSR count). The van der Waals surface area contributed by atoms with Crippen LogP contribution in [-0.4, -0.2) is 37.1 Å². The summed E-state index contributed by atoms with van der Waals surface area (Å²) in [6.07, 6.45) is -1.37. The van der Waals surface area contributed by atoms with Crippen molar-refractivity contribution < 1.29 is 23.4 Å². The van der Waals surface area contributed by atoms with Gasteiger partial charge in [-0.15, -0.1) is 0 Å². The third kappa shape index (κ3) is 3.00. The lowest BCUT2D eigenvalue weighted by Gasteiger charge is -2.27. The maximum Gasteiger partial charge on any atom is 0.162 e. The summed E-state index contributed by atoms with van der Waals surface area (Å²) in [5.41, 5.74) is 0.145. The van der Waals surface area contributed by atoms with E-state index < -0.39 is 23.8 Å². The summed E-state index contributed by atoms with van der Waals surface area (Å²) in [4.78, 5) is 0. The molecule has 1 N–H and O–H groups in total. The second kappa shape index (κ2) is 5.53. The maximum absolute atomic E-state index is 13.4. The molecule has 0 aromatic heterocycles. The molecular formula is C12H14F2O3. The number of hydrogen-bond acceptors (Lipinski definition) is 3. The summed E-state index contributed by atoms with van der Waals surface area (Å²) in [6.45, 7) is 1.18. The second-order valence-corrected chi connectivity index (χ2v) is 3.97. The average Bonchev–Trinajstić information content (AvgIpc) is 2.36.